The molecule has 1 aromatic carbocycles. The van der Waals surface area contributed by atoms with Crippen LogP contribution < -0.4 is 10.1 Å². The van der Waals surface area contributed by atoms with Gasteiger partial charge >= 0.3 is 0 Å². The van der Waals surface area contributed by atoms with Crippen LogP contribution in [0.15, 0.2) is 24.3 Å². The molecule has 2 unspecified atom stereocenters. The largest absolute Gasteiger partial charge is 0.493 e. The van der Waals surface area contributed by atoms with Crippen LogP contribution in [0, 0.1) is 5.92 Å². The summed E-state index contributed by atoms with van der Waals surface area (Å²) >= 11 is 0. The molecule has 160 valence electrons. The molecule has 6 nitrogen and oxygen atoms in total. The predicted octanol–water partition coefficient (Wildman–Crippen LogP) is 2.93. The van der Waals surface area contributed by atoms with Gasteiger partial charge < -0.3 is 19.9 Å². The Bertz CT molecular complexity index is 706. The van der Waals surface area contributed by atoms with Gasteiger partial charge in [-0.05, 0) is 71.0 Å². The van der Waals surface area contributed by atoms with Crippen LogP contribution >= 0.6 is 0 Å². The van der Waals surface area contributed by atoms with Crippen molar-refractivity contribution < 1.29 is 14.3 Å². The third kappa shape index (κ3) is 5.30. The Morgan fingerprint density at radius 1 is 1.17 bits per heavy atom. The summed E-state index contributed by atoms with van der Waals surface area (Å²) in [5, 5.41) is 3.14. The second-order valence-electron chi connectivity index (χ2n) is 8.43. The molecule has 0 saturated carbocycles. The van der Waals surface area contributed by atoms with Gasteiger partial charge in [0.25, 0.3) is 5.91 Å². The van der Waals surface area contributed by atoms with Crippen molar-refractivity contribution in [3.8, 4) is 5.75 Å². The Morgan fingerprint density at radius 3 is 2.69 bits per heavy atom. The number of likely N-dealkylation sites (tertiary alicyclic amines) is 2. The third-order valence-corrected chi connectivity index (χ3v) is 6.08. The average Bonchev–Trinajstić information content (AvgIpc) is 3.22. The maximum atomic E-state index is 13.1. The number of amides is 2. The van der Waals surface area contributed by atoms with E-state index in [1.807, 2.05) is 25.1 Å². The van der Waals surface area contributed by atoms with Crippen molar-refractivity contribution in [3.63, 3.8) is 0 Å². The fourth-order valence-electron chi connectivity index (χ4n) is 4.46. The van der Waals surface area contributed by atoms with Crippen molar-refractivity contribution in [1.82, 2.24) is 15.1 Å². The van der Waals surface area contributed by atoms with Crippen molar-refractivity contribution in [2.45, 2.75) is 58.5 Å². The molecule has 0 aromatic heterocycles. The molecule has 0 spiro atoms. The van der Waals surface area contributed by atoms with Gasteiger partial charge in [0.05, 0.1) is 12.2 Å². The van der Waals surface area contributed by atoms with Gasteiger partial charge in [-0.3, -0.25) is 9.59 Å². The normalized spacial score (nSPS) is 22.7. The second-order valence-corrected chi connectivity index (χ2v) is 8.43. The fourth-order valence-corrected chi connectivity index (χ4v) is 4.46. The van der Waals surface area contributed by atoms with E-state index in [9.17, 15) is 9.59 Å². The highest BCUT2D eigenvalue weighted by molar-refractivity contribution is 6.00. The smallest absolute Gasteiger partial charge is 0.258 e. The van der Waals surface area contributed by atoms with Crippen LogP contribution in [0.4, 0.5) is 0 Å². The monoisotopic (exact) mass is 401 g/mol. The van der Waals surface area contributed by atoms with E-state index in [2.05, 4.69) is 24.1 Å². The standard InChI is InChI=1S/C23H35N3O3/c1-4-29-21-12-6-5-10-19(21)23(28)26-14-8-11-20(26)22(27)24-15-18-9-7-13-25(16-18)17(2)3/h5-6,10,12,17-18,20H,4,7-9,11,13-16H2,1-3H3,(H,24,27). The van der Waals surface area contributed by atoms with Crippen LogP contribution in [0.3, 0.4) is 0 Å². The van der Waals surface area contributed by atoms with E-state index in [0.29, 0.717) is 43.0 Å². The molecule has 3 rings (SSSR count). The van der Waals surface area contributed by atoms with Gasteiger partial charge in [0, 0.05) is 25.7 Å². The maximum Gasteiger partial charge on any atom is 0.258 e. The Labute approximate surface area is 174 Å². The SMILES string of the molecule is CCOc1ccccc1C(=O)N1CCCC1C(=O)NCC1CCCN(C(C)C)C1. The number of piperidine rings is 1. The molecule has 2 aliphatic rings. The number of rotatable bonds is 7. The third-order valence-electron chi connectivity index (χ3n) is 6.08. The Hall–Kier alpha value is -2.08. The summed E-state index contributed by atoms with van der Waals surface area (Å²) in [4.78, 5) is 30.3. The van der Waals surface area contributed by atoms with Crippen molar-refractivity contribution in [3.05, 3.63) is 29.8 Å². The second kappa shape index (κ2) is 10.1. The topological polar surface area (TPSA) is 61.9 Å². The molecule has 29 heavy (non-hydrogen) atoms. The maximum absolute atomic E-state index is 13.1. The number of hydrogen-bond acceptors (Lipinski definition) is 4. The zero-order valence-electron chi connectivity index (χ0n) is 18.0. The Morgan fingerprint density at radius 2 is 1.93 bits per heavy atom. The van der Waals surface area contributed by atoms with Crippen molar-refractivity contribution in [1.29, 1.82) is 0 Å². The summed E-state index contributed by atoms with van der Waals surface area (Å²) in [7, 11) is 0. The summed E-state index contributed by atoms with van der Waals surface area (Å²) < 4.78 is 5.62. The summed E-state index contributed by atoms with van der Waals surface area (Å²) in [5.41, 5.74) is 0.536. The lowest BCUT2D eigenvalue weighted by Gasteiger charge is -2.35. The van der Waals surface area contributed by atoms with Crippen LogP contribution in [0.1, 0.15) is 56.8 Å². The van der Waals surface area contributed by atoms with E-state index in [4.69, 9.17) is 4.74 Å². The molecule has 0 bridgehead atoms. The Balaban J connectivity index is 1.60. The number of para-hydroxylation sites is 1. The summed E-state index contributed by atoms with van der Waals surface area (Å²) in [6, 6.07) is 7.45. The van der Waals surface area contributed by atoms with Crippen molar-refractivity contribution in [2.75, 3.05) is 32.8 Å². The molecule has 0 aliphatic carbocycles. The van der Waals surface area contributed by atoms with Crippen molar-refractivity contribution in [2.24, 2.45) is 5.92 Å². The number of carbonyl (C=O) groups is 2. The number of benzene rings is 1. The zero-order chi connectivity index (χ0) is 20.8. The molecular weight excluding hydrogens is 366 g/mol. The van der Waals surface area contributed by atoms with Gasteiger partial charge in [-0.25, -0.2) is 0 Å². The summed E-state index contributed by atoms with van der Waals surface area (Å²) in [5.74, 6) is 0.933. The quantitative estimate of drug-likeness (QED) is 0.763. The van der Waals surface area contributed by atoms with E-state index in [-0.39, 0.29) is 17.9 Å². The van der Waals surface area contributed by atoms with E-state index < -0.39 is 0 Å². The highest BCUT2D eigenvalue weighted by Gasteiger charge is 2.35. The first kappa shape index (κ1) is 21.6. The lowest BCUT2D eigenvalue weighted by molar-refractivity contribution is -0.125. The van der Waals surface area contributed by atoms with Crippen LogP contribution in [0.5, 0.6) is 5.75 Å². The Kier molecular flexibility index (Phi) is 7.53. The summed E-state index contributed by atoms with van der Waals surface area (Å²) in [6.45, 7) is 10.3. The van der Waals surface area contributed by atoms with Gasteiger partial charge in [-0.1, -0.05) is 12.1 Å². The molecule has 2 amide bonds. The molecule has 0 radical (unpaired) electrons. The molecule has 6 heteroatoms. The van der Waals surface area contributed by atoms with E-state index in [1.165, 1.54) is 6.42 Å². The molecule has 2 fully saturated rings. The zero-order valence-corrected chi connectivity index (χ0v) is 18.0. The van der Waals surface area contributed by atoms with E-state index in [1.54, 1.807) is 11.0 Å². The van der Waals surface area contributed by atoms with Crippen LogP contribution in [0.25, 0.3) is 0 Å². The number of nitrogens with zero attached hydrogens (tertiary/aromatic N) is 2. The minimum absolute atomic E-state index is 0.0218. The highest BCUT2D eigenvalue weighted by Crippen LogP contribution is 2.26. The van der Waals surface area contributed by atoms with Gasteiger partial charge in [0.2, 0.25) is 5.91 Å². The predicted molar refractivity (Wildman–Crippen MR) is 114 cm³/mol. The number of carbonyl (C=O) groups excluding carboxylic acids is 2. The molecule has 2 heterocycles. The van der Waals surface area contributed by atoms with Gasteiger partial charge in [-0.15, -0.1) is 0 Å². The first-order valence-electron chi connectivity index (χ1n) is 11.1. The first-order chi connectivity index (χ1) is 14.0. The van der Waals surface area contributed by atoms with Crippen LogP contribution in [0.2, 0.25) is 0 Å². The first-order valence-corrected chi connectivity index (χ1v) is 11.1. The molecular formula is C23H35N3O3. The molecule has 1 N–H and O–H groups in total. The lowest BCUT2D eigenvalue weighted by Crippen LogP contribution is -2.49. The van der Waals surface area contributed by atoms with Gasteiger partial charge in [0.1, 0.15) is 11.8 Å². The number of hydrogen-bond donors (Lipinski definition) is 1. The van der Waals surface area contributed by atoms with E-state index >= 15 is 0 Å². The molecule has 2 saturated heterocycles. The van der Waals surface area contributed by atoms with Crippen LogP contribution in [-0.2, 0) is 4.79 Å². The summed E-state index contributed by atoms with van der Waals surface area (Å²) in [6.07, 6.45) is 3.90. The molecule has 1 aromatic rings. The van der Waals surface area contributed by atoms with E-state index in [0.717, 1.165) is 32.4 Å². The molecule has 2 aliphatic heterocycles. The fraction of sp³-hybridized carbons (Fsp3) is 0.652. The average molecular weight is 402 g/mol. The van der Waals surface area contributed by atoms with Gasteiger partial charge in [0.15, 0.2) is 0 Å². The number of ether oxygens (including phenoxy) is 1. The van der Waals surface area contributed by atoms with Crippen LogP contribution in [-0.4, -0.2) is 66.5 Å². The highest BCUT2D eigenvalue weighted by atomic mass is 16.5. The lowest BCUT2D eigenvalue weighted by atomic mass is 9.97. The number of nitrogens with one attached hydrogen (secondary N) is 1. The minimum atomic E-state index is -0.387. The van der Waals surface area contributed by atoms with Gasteiger partial charge in [-0.2, -0.15) is 0 Å². The molecule has 2 atom stereocenters. The van der Waals surface area contributed by atoms with Crippen molar-refractivity contribution >= 4 is 11.8 Å². The minimum Gasteiger partial charge on any atom is -0.493 e.